The summed E-state index contributed by atoms with van der Waals surface area (Å²) in [5.74, 6) is -0.583. The molecule has 0 spiro atoms. The Kier molecular flexibility index (Phi) is 2.64. The van der Waals surface area contributed by atoms with E-state index in [1.807, 2.05) is 0 Å². The number of carbonyl (C=O) groups excluding carboxylic acids is 2. The van der Waals surface area contributed by atoms with Crippen LogP contribution in [0.5, 0.6) is 0 Å². The molecule has 0 radical (unpaired) electrons. The Morgan fingerprint density at radius 1 is 1.32 bits per heavy atom. The fraction of sp³-hybridized carbons (Fsp3) is 0.154. The summed E-state index contributed by atoms with van der Waals surface area (Å²) in [6.45, 7) is 1.95. The van der Waals surface area contributed by atoms with Crippen LogP contribution in [0.4, 0.5) is 5.69 Å². The molecule has 0 aliphatic carbocycles. The van der Waals surface area contributed by atoms with Gasteiger partial charge in [0.25, 0.3) is 11.7 Å². The number of hydrogen-bond donors (Lipinski definition) is 0. The lowest BCUT2D eigenvalue weighted by Gasteiger charge is -2.14. The zero-order valence-electron chi connectivity index (χ0n) is 10.0. The van der Waals surface area contributed by atoms with Crippen molar-refractivity contribution in [3.8, 4) is 0 Å². The second kappa shape index (κ2) is 4.20. The van der Waals surface area contributed by atoms with Crippen LogP contribution in [-0.2, 0) is 11.3 Å². The summed E-state index contributed by atoms with van der Waals surface area (Å²) in [4.78, 5) is 25.1. The van der Waals surface area contributed by atoms with E-state index in [0.29, 0.717) is 22.0 Å². The van der Waals surface area contributed by atoms with Gasteiger partial charge in [-0.2, -0.15) is 0 Å². The Balaban J connectivity index is 2.01. The predicted octanol–water partition coefficient (Wildman–Crippen LogP) is 2.37. The summed E-state index contributed by atoms with van der Waals surface area (Å²) >= 11 is 5.91. The van der Waals surface area contributed by atoms with Crippen LogP contribution in [-0.4, -0.2) is 16.8 Å². The number of hydrogen-bond acceptors (Lipinski definition) is 4. The second-order valence-electron chi connectivity index (χ2n) is 4.32. The van der Waals surface area contributed by atoms with Crippen molar-refractivity contribution in [3.05, 3.63) is 46.3 Å². The van der Waals surface area contributed by atoms with Crippen LogP contribution in [0.1, 0.15) is 21.8 Å². The minimum Gasteiger partial charge on any atom is -0.359 e. The SMILES string of the molecule is Cc1cc(CN2C(=O)C(=O)c3ccc(Cl)cc32)on1. The molecule has 2 heterocycles. The molecule has 0 saturated carbocycles. The first-order valence-corrected chi connectivity index (χ1v) is 6.02. The average Bonchev–Trinajstić information content (AvgIpc) is 2.88. The lowest BCUT2D eigenvalue weighted by atomic mass is 10.1. The predicted molar refractivity (Wildman–Crippen MR) is 68.2 cm³/mol. The van der Waals surface area contributed by atoms with Gasteiger partial charge in [0, 0.05) is 11.1 Å². The van der Waals surface area contributed by atoms with Gasteiger partial charge in [-0.1, -0.05) is 16.8 Å². The molecule has 0 unspecified atom stereocenters. The Morgan fingerprint density at radius 3 is 2.79 bits per heavy atom. The van der Waals surface area contributed by atoms with Crippen molar-refractivity contribution in [1.82, 2.24) is 5.16 Å². The van der Waals surface area contributed by atoms with Crippen molar-refractivity contribution in [3.63, 3.8) is 0 Å². The lowest BCUT2D eigenvalue weighted by Crippen LogP contribution is -2.28. The normalized spacial score (nSPS) is 14.1. The Morgan fingerprint density at radius 2 is 2.11 bits per heavy atom. The molecule has 96 valence electrons. The molecule has 19 heavy (non-hydrogen) atoms. The number of Topliss-reactive ketones (excluding diaryl/α,β-unsaturated/α-hetero) is 1. The molecular formula is C13H9ClN2O3. The van der Waals surface area contributed by atoms with E-state index in [1.54, 1.807) is 31.2 Å². The first-order valence-electron chi connectivity index (χ1n) is 5.64. The third-order valence-electron chi connectivity index (χ3n) is 2.93. The lowest BCUT2D eigenvalue weighted by molar-refractivity contribution is -0.114. The number of amides is 1. The van der Waals surface area contributed by atoms with Gasteiger partial charge in [0.15, 0.2) is 5.76 Å². The van der Waals surface area contributed by atoms with Crippen molar-refractivity contribution in [2.24, 2.45) is 0 Å². The molecule has 0 fully saturated rings. The van der Waals surface area contributed by atoms with Gasteiger partial charge in [-0.3, -0.25) is 14.5 Å². The largest absolute Gasteiger partial charge is 0.359 e. The molecule has 0 bridgehead atoms. The van der Waals surface area contributed by atoms with E-state index >= 15 is 0 Å². The maximum atomic E-state index is 12.0. The van der Waals surface area contributed by atoms with E-state index < -0.39 is 11.7 Å². The van der Waals surface area contributed by atoms with Gasteiger partial charge in [0.05, 0.1) is 23.5 Å². The monoisotopic (exact) mass is 276 g/mol. The van der Waals surface area contributed by atoms with Crippen LogP contribution in [0.2, 0.25) is 5.02 Å². The molecule has 1 amide bonds. The molecule has 6 heteroatoms. The molecule has 3 rings (SSSR count). The van der Waals surface area contributed by atoms with E-state index in [9.17, 15) is 9.59 Å². The van der Waals surface area contributed by atoms with Gasteiger partial charge in [0.2, 0.25) is 0 Å². The molecule has 0 atom stereocenters. The zero-order valence-corrected chi connectivity index (χ0v) is 10.8. The summed E-state index contributed by atoms with van der Waals surface area (Å²) < 4.78 is 5.07. The molecule has 1 aliphatic rings. The molecule has 2 aromatic rings. The van der Waals surface area contributed by atoms with Crippen molar-refractivity contribution >= 4 is 29.0 Å². The molecule has 0 N–H and O–H groups in total. The van der Waals surface area contributed by atoms with Gasteiger partial charge in [-0.15, -0.1) is 0 Å². The molecule has 0 saturated heterocycles. The standard InChI is InChI=1S/C13H9ClN2O3/c1-7-4-9(19-15-7)6-16-11-5-8(14)2-3-10(11)12(17)13(16)18/h2-5H,6H2,1H3. The van der Waals surface area contributed by atoms with Crippen molar-refractivity contribution < 1.29 is 14.1 Å². The van der Waals surface area contributed by atoms with E-state index in [-0.39, 0.29) is 6.54 Å². The summed E-state index contributed by atoms with van der Waals surface area (Å²) in [5, 5.41) is 4.22. The maximum Gasteiger partial charge on any atom is 0.299 e. The summed E-state index contributed by atoms with van der Waals surface area (Å²) in [6, 6.07) is 6.47. The summed E-state index contributed by atoms with van der Waals surface area (Å²) in [5.41, 5.74) is 1.60. The van der Waals surface area contributed by atoms with Crippen LogP contribution in [0.3, 0.4) is 0 Å². The Hall–Kier alpha value is -2.14. The highest BCUT2D eigenvalue weighted by atomic mass is 35.5. The first kappa shape index (κ1) is 11.9. The number of aromatic nitrogens is 1. The number of ketones is 1. The molecule has 1 aromatic carbocycles. The molecule has 5 nitrogen and oxygen atoms in total. The van der Waals surface area contributed by atoms with Crippen molar-refractivity contribution in [2.45, 2.75) is 13.5 Å². The van der Waals surface area contributed by atoms with Gasteiger partial charge >= 0.3 is 0 Å². The van der Waals surface area contributed by atoms with Gasteiger partial charge in [0.1, 0.15) is 0 Å². The van der Waals surface area contributed by atoms with Gasteiger partial charge in [-0.25, -0.2) is 0 Å². The van der Waals surface area contributed by atoms with Crippen molar-refractivity contribution in [2.75, 3.05) is 4.90 Å². The quantitative estimate of drug-likeness (QED) is 0.790. The fourth-order valence-corrected chi connectivity index (χ4v) is 2.24. The highest BCUT2D eigenvalue weighted by Gasteiger charge is 2.36. The smallest absolute Gasteiger partial charge is 0.299 e. The summed E-state index contributed by atoms with van der Waals surface area (Å²) in [6.07, 6.45) is 0. The average molecular weight is 277 g/mol. The van der Waals surface area contributed by atoms with E-state index in [2.05, 4.69) is 5.16 Å². The number of benzene rings is 1. The zero-order chi connectivity index (χ0) is 13.6. The topological polar surface area (TPSA) is 63.4 Å². The Bertz CT molecular complexity index is 693. The third-order valence-corrected chi connectivity index (χ3v) is 3.16. The first-order chi connectivity index (χ1) is 9.06. The van der Waals surface area contributed by atoms with E-state index in [4.69, 9.17) is 16.1 Å². The highest BCUT2D eigenvalue weighted by molar-refractivity contribution is 6.52. The van der Waals surface area contributed by atoms with Gasteiger partial charge < -0.3 is 4.52 Å². The van der Waals surface area contributed by atoms with Crippen LogP contribution >= 0.6 is 11.6 Å². The van der Waals surface area contributed by atoms with E-state index in [1.165, 1.54) is 4.90 Å². The minimum atomic E-state index is -0.577. The van der Waals surface area contributed by atoms with Crippen molar-refractivity contribution in [1.29, 1.82) is 0 Å². The minimum absolute atomic E-state index is 0.165. The fourth-order valence-electron chi connectivity index (χ4n) is 2.07. The molecule has 1 aliphatic heterocycles. The third kappa shape index (κ3) is 1.92. The number of anilines is 1. The Labute approximate surface area is 113 Å². The number of aryl methyl sites for hydroxylation is 1. The molecule has 1 aromatic heterocycles. The number of halogens is 1. The number of carbonyl (C=O) groups is 2. The molecular weight excluding hydrogens is 268 g/mol. The van der Waals surface area contributed by atoms with Crippen LogP contribution in [0.25, 0.3) is 0 Å². The number of fused-ring (bicyclic) bond motifs is 1. The highest BCUT2D eigenvalue weighted by Crippen LogP contribution is 2.32. The van der Waals surface area contributed by atoms with Crippen LogP contribution < -0.4 is 4.90 Å². The van der Waals surface area contributed by atoms with Crippen LogP contribution in [0.15, 0.2) is 28.8 Å². The number of nitrogens with zero attached hydrogens (tertiary/aromatic N) is 2. The van der Waals surface area contributed by atoms with Gasteiger partial charge in [-0.05, 0) is 25.1 Å². The number of rotatable bonds is 2. The van der Waals surface area contributed by atoms with E-state index in [0.717, 1.165) is 5.69 Å². The van der Waals surface area contributed by atoms with Crippen LogP contribution in [0, 0.1) is 6.92 Å². The second-order valence-corrected chi connectivity index (χ2v) is 4.75. The maximum absolute atomic E-state index is 12.0. The summed E-state index contributed by atoms with van der Waals surface area (Å²) in [7, 11) is 0.